The molecule has 124 valence electrons. The molecule has 4 rings (SSSR count). The molecular formula is C19H22N4O. The van der Waals surface area contributed by atoms with Crippen LogP contribution in [0.2, 0.25) is 0 Å². The van der Waals surface area contributed by atoms with Crippen LogP contribution in [0.4, 0.5) is 5.82 Å². The van der Waals surface area contributed by atoms with Gasteiger partial charge >= 0.3 is 0 Å². The molecule has 0 aliphatic heterocycles. The predicted molar refractivity (Wildman–Crippen MR) is 95.3 cm³/mol. The van der Waals surface area contributed by atoms with Gasteiger partial charge in [-0.05, 0) is 37.2 Å². The van der Waals surface area contributed by atoms with Gasteiger partial charge in [-0.2, -0.15) is 0 Å². The Morgan fingerprint density at radius 1 is 1.08 bits per heavy atom. The van der Waals surface area contributed by atoms with Gasteiger partial charge in [-0.25, -0.2) is 9.97 Å². The Bertz CT molecular complexity index is 835. The summed E-state index contributed by atoms with van der Waals surface area (Å²) >= 11 is 0. The van der Waals surface area contributed by atoms with E-state index in [0.29, 0.717) is 11.7 Å². The van der Waals surface area contributed by atoms with Crippen LogP contribution < -0.4 is 5.73 Å². The first-order valence-electron chi connectivity index (χ1n) is 8.55. The molecule has 5 nitrogen and oxygen atoms in total. The molecule has 1 aliphatic carbocycles. The van der Waals surface area contributed by atoms with Crippen LogP contribution in [0.5, 0.6) is 0 Å². The van der Waals surface area contributed by atoms with Crippen LogP contribution >= 0.6 is 0 Å². The molecule has 1 aliphatic rings. The summed E-state index contributed by atoms with van der Waals surface area (Å²) in [5.74, 6) is 1.10. The fourth-order valence-electron chi connectivity index (χ4n) is 3.73. The minimum Gasteiger partial charge on any atom is -0.393 e. The average Bonchev–Trinajstić information content (AvgIpc) is 2.98. The van der Waals surface area contributed by atoms with E-state index in [9.17, 15) is 5.11 Å². The van der Waals surface area contributed by atoms with Crippen molar-refractivity contribution in [3.05, 3.63) is 42.9 Å². The van der Waals surface area contributed by atoms with E-state index in [0.717, 1.165) is 54.4 Å². The minimum absolute atomic E-state index is 0.125. The smallest absolute Gasteiger partial charge is 0.146 e. The second kappa shape index (κ2) is 6.24. The van der Waals surface area contributed by atoms with Gasteiger partial charge in [0, 0.05) is 18.3 Å². The first-order valence-corrected chi connectivity index (χ1v) is 8.55. The molecule has 1 fully saturated rings. The largest absolute Gasteiger partial charge is 0.393 e. The van der Waals surface area contributed by atoms with Crippen LogP contribution in [0.25, 0.3) is 22.2 Å². The van der Waals surface area contributed by atoms with Gasteiger partial charge in [-0.15, -0.1) is 0 Å². The number of aromatic nitrogens is 3. The van der Waals surface area contributed by atoms with Crippen molar-refractivity contribution in [2.75, 3.05) is 5.73 Å². The standard InChI is InChI=1S/C19H22N4O/c20-18-17-16(14-4-2-1-3-5-14)11-23(19(17)22-12-21-18)10-13-6-8-15(24)9-7-13/h1-5,11-13,15,24H,6-10H2,(H2,20,21,22). The normalized spacial score (nSPS) is 21.2. The van der Waals surface area contributed by atoms with Crippen molar-refractivity contribution in [1.29, 1.82) is 0 Å². The first kappa shape index (κ1) is 15.1. The van der Waals surface area contributed by atoms with E-state index in [2.05, 4.69) is 32.9 Å². The number of aliphatic hydroxyl groups excluding tert-OH is 1. The maximum atomic E-state index is 9.71. The number of aliphatic hydroxyl groups is 1. The zero-order valence-electron chi connectivity index (χ0n) is 13.6. The Hall–Kier alpha value is -2.40. The number of nitrogens with zero attached hydrogens (tertiary/aromatic N) is 3. The van der Waals surface area contributed by atoms with Crippen LogP contribution in [0.1, 0.15) is 25.7 Å². The Kier molecular flexibility index (Phi) is 3.94. The van der Waals surface area contributed by atoms with E-state index in [1.165, 1.54) is 6.33 Å². The molecule has 0 amide bonds. The van der Waals surface area contributed by atoms with Gasteiger partial charge in [0.2, 0.25) is 0 Å². The number of hydrogen-bond acceptors (Lipinski definition) is 4. The molecule has 2 aromatic heterocycles. The van der Waals surface area contributed by atoms with E-state index in [4.69, 9.17) is 5.73 Å². The molecule has 0 radical (unpaired) electrons. The van der Waals surface area contributed by atoms with E-state index in [-0.39, 0.29) is 6.10 Å². The topological polar surface area (TPSA) is 77.0 Å². The number of rotatable bonds is 3. The predicted octanol–water partition coefficient (Wildman–Crippen LogP) is 3.23. The van der Waals surface area contributed by atoms with Gasteiger partial charge in [-0.3, -0.25) is 0 Å². The number of nitrogen functional groups attached to an aromatic ring is 1. The third-order valence-electron chi connectivity index (χ3n) is 5.04. The molecule has 0 unspecified atom stereocenters. The highest BCUT2D eigenvalue weighted by atomic mass is 16.3. The van der Waals surface area contributed by atoms with Crippen molar-refractivity contribution in [3.63, 3.8) is 0 Å². The highest BCUT2D eigenvalue weighted by Gasteiger charge is 2.22. The summed E-state index contributed by atoms with van der Waals surface area (Å²) in [4.78, 5) is 8.67. The summed E-state index contributed by atoms with van der Waals surface area (Å²) in [7, 11) is 0. The lowest BCUT2D eigenvalue weighted by Gasteiger charge is -2.25. The summed E-state index contributed by atoms with van der Waals surface area (Å²) in [6.07, 6.45) is 7.47. The first-order chi connectivity index (χ1) is 11.7. The zero-order valence-corrected chi connectivity index (χ0v) is 13.6. The number of fused-ring (bicyclic) bond motifs is 1. The second-order valence-corrected chi connectivity index (χ2v) is 6.69. The maximum Gasteiger partial charge on any atom is 0.146 e. The molecule has 3 aromatic rings. The molecule has 0 saturated heterocycles. The lowest BCUT2D eigenvalue weighted by molar-refractivity contribution is 0.104. The van der Waals surface area contributed by atoms with Gasteiger partial charge in [0.05, 0.1) is 11.5 Å². The Balaban J connectivity index is 1.75. The highest BCUT2D eigenvalue weighted by molar-refractivity contribution is 6.00. The van der Waals surface area contributed by atoms with Crippen molar-refractivity contribution in [1.82, 2.24) is 14.5 Å². The van der Waals surface area contributed by atoms with Crippen molar-refractivity contribution in [3.8, 4) is 11.1 Å². The van der Waals surface area contributed by atoms with Crippen LogP contribution in [-0.2, 0) is 6.54 Å². The van der Waals surface area contributed by atoms with Gasteiger partial charge < -0.3 is 15.4 Å². The number of benzene rings is 1. The summed E-state index contributed by atoms with van der Waals surface area (Å²) in [6, 6.07) is 10.2. The Morgan fingerprint density at radius 2 is 1.83 bits per heavy atom. The number of nitrogens with two attached hydrogens (primary N) is 1. The van der Waals surface area contributed by atoms with Crippen molar-refractivity contribution < 1.29 is 5.11 Å². The van der Waals surface area contributed by atoms with Gasteiger partial charge in [0.1, 0.15) is 17.8 Å². The average molecular weight is 322 g/mol. The molecule has 24 heavy (non-hydrogen) atoms. The molecule has 1 saturated carbocycles. The second-order valence-electron chi connectivity index (χ2n) is 6.69. The summed E-state index contributed by atoms with van der Waals surface area (Å²) in [5, 5.41) is 10.6. The SMILES string of the molecule is Nc1ncnc2c1c(-c1ccccc1)cn2CC1CCC(O)CC1. The van der Waals surface area contributed by atoms with Crippen LogP contribution in [-0.4, -0.2) is 25.7 Å². The van der Waals surface area contributed by atoms with E-state index in [1.54, 1.807) is 0 Å². The number of anilines is 1. The maximum absolute atomic E-state index is 9.71. The summed E-state index contributed by atoms with van der Waals surface area (Å²) < 4.78 is 2.21. The fraction of sp³-hybridized carbons (Fsp3) is 0.368. The highest BCUT2D eigenvalue weighted by Crippen LogP contribution is 2.34. The molecule has 0 bridgehead atoms. The molecule has 2 heterocycles. The quantitative estimate of drug-likeness (QED) is 0.776. The monoisotopic (exact) mass is 322 g/mol. The Morgan fingerprint density at radius 3 is 2.58 bits per heavy atom. The third kappa shape index (κ3) is 2.76. The molecule has 3 N–H and O–H groups in total. The zero-order chi connectivity index (χ0) is 16.5. The fourth-order valence-corrected chi connectivity index (χ4v) is 3.73. The Labute approximate surface area is 141 Å². The van der Waals surface area contributed by atoms with Gasteiger partial charge in [0.25, 0.3) is 0 Å². The van der Waals surface area contributed by atoms with Crippen molar-refractivity contribution in [2.24, 2.45) is 5.92 Å². The minimum atomic E-state index is -0.125. The molecule has 5 heteroatoms. The van der Waals surface area contributed by atoms with Crippen LogP contribution in [0.3, 0.4) is 0 Å². The molecule has 0 atom stereocenters. The van der Waals surface area contributed by atoms with E-state index < -0.39 is 0 Å². The van der Waals surface area contributed by atoms with Crippen LogP contribution in [0.15, 0.2) is 42.9 Å². The van der Waals surface area contributed by atoms with Crippen molar-refractivity contribution in [2.45, 2.75) is 38.3 Å². The lowest BCUT2D eigenvalue weighted by Crippen LogP contribution is -2.21. The van der Waals surface area contributed by atoms with Gasteiger partial charge in [-0.1, -0.05) is 30.3 Å². The molecule has 1 aromatic carbocycles. The van der Waals surface area contributed by atoms with E-state index in [1.807, 2.05) is 18.2 Å². The van der Waals surface area contributed by atoms with E-state index >= 15 is 0 Å². The summed E-state index contributed by atoms with van der Waals surface area (Å²) in [6.45, 7) is 0.909. The van der Waals surface area contributed by atoms with Crippen molar-refractivity contribution >= 4 is 16.9 Å². The molecular weight excluding hydrogens is 300 g/mol. The summed E-state index contributed by atoms with van der Waals surface area (Å²) in [5.41, 5.74) is 9.27. The lowest BCUT2D eigenvalue weighted by atomic mass is 9.87. The number of hydrogen-bond donors (Lipinski definition) is 2. The molecule has 0 spiro atoms. The van der Waals surface area contributed by atoms with Gasteiger partial charge in [0.15, 0.2) is 0 Å². The third-order valence-corrected chi connectivity index (χ3v) is 5.04. The van der Waals surface area contributed by atoms with Crippen LogP contribution in [0, 0.1) is 5.92 Å².